The first-order valence-corrected chi connectivity index (χ1v) is 3.32. The van der Waals surface area contributed by atoms with Crippen LogP contribution in [0.4, 0.5) is 0 Å². The molecule has 11 heavy (non-hydrogen) atoms. The summed E-state index contributed by atoms with van der Waals surface area (Å²) >= 11 is 0. The van der Waals surface area contributed by atoms with E-state index in [2.05, 4.69) is 5.32 Å². The van der Waals surface area contributed by atoms with Crippen molar-refractivity contribution in [3.05, 3.63) is 0 Å². The molecule has 0 aliphatic carbocycles. The van der Waals surface area contributed by atoms with E-state index in [4.69, 9.17) is 15.3 Å². The van der Waals surface area contributed by atoms with E-state index >= 15 is 0 Å². The Kier molecular flexibility index (Phi) is 4.76. The molecule has 0 heterocycles. The molecule has 0 rings (SSSR count). The zero-order chi connectivity index (χ0) is 8.85. The summed E-state index contributed by atoms with van der Waals surface area (Å²) in [7, 11) is 0. The van der Waals surface area contributed by atoms with Gasteiger partial charge < -0.3 is 20.6 Å². The molecule has 4 N–H and O–H groups in total. The number of nitrogens with one attached hydrogen (secondary N) is 1. The van der Waals surface area contributed by atoms with Gasteiger partial charge in [-0.2, -0.15) is 0 Å². The predicted molar refractivity (Wildman–Crippen MR) is 37.8 cm³/mol. The van der Waals surface area contributed by atoms with Crippen molar-refractivity contribution in [3.8, 4) is 0 Å². The lowest BCUT2D eigenvalue weighted by Crippen LogP contribution is -2.38. The normalized spacial score (nSPS) is 15.6. The molecule has 0 aromatic carbocycles. The van der Waals surface area contributed by atoms with Crippen LogP contribution in [0.25, 0.3) is 0 Å². The highest BCUT2D eigenvalue weighted by atomic mass is 16.3. The van der Waals surface area contributed by atoms with Gasteiger partial charge in [-0.05, 0) is 6.92 Å². The van der Waals surface area contributed by atoms with Crippen molar-refractivity contribution in [1.82, 2.24) is 5.32 Å². The molecule has 1 amide bonds. The zero-order valence-electron chi connectivity index (χ0n) is 6.32. The van der Waals surface area contributed by atoms with Crippen LogP contribution in [0.15, 0.2) is 0 Å². The fourth-order valence-electron chi connectivity index (χ4n) is 0.431. The van der Waals surface area contributed by atoms with Crippen LogP contribution in [0.1, 0.15) is 6.92 Å². The van der Waals surface area contributed by atoms with Gasteiger partial charge in [0.2, 0.25) is 5.91 Å². The molecule has 0 spiro atoms. The molecule has 0 aliphatic rings. The average Bonchev–Trinajstić information content (AvgIpc) is 1.99. The molecule has 5 nitrogen and oxygen atoms in total. The van der Waals surface area contributed by atoms with E-state index < -0.39 is 24.7 Å². The number of carbonyl (C=O) groups is 1. The first-order chi connectivity index (χ1) is 5.07. The van der Waals surface area contributed by atoms with E-state index in [9.17, 15) is 4.79 Å². The minimum atomic E-state index is -1.08. The maximum absolute atomic E-state index is 10.6. The first kappa shape index (κ1) is 10.3. The lowest BCUT2D eigenvalue weighted by Gasteiger charge is -2.09. The summed E-state index contributed by atoms with van der Waals surface area (Å²) in [4.78, 5) is 10.6. The minimum Gasteiger partial charge on any atom is -0.394 e. The number of aliphatic hydroxyl groups excluding tert-OH is 3. The van der Waals surface area contributed by atoms with Crippen LogP contribution in [-0.2, 0) is 4.79 Å². The topological polar surface area (TPSA) is 89.8 Å². The predicted octanol–water partition coefficient (Wildman–Crippen LogP) is -2.16. The Hall–Kier alpha value is -0.650. The average molecular weight is 163 g/mol. The Morgan fingerprint density at radius 3 is 2.45 bits per heavy atom. The molecule has 0 aromatic heterocycles. The lowest BCUT2D eigenvalue weighted by atomic mass is 10.3. The van der Waals surface area contributed by atoms with Crippen molar-refractivity contribution >= 4 is 5.91 Å². The number of aliphatic hydroxyl groups is 3. The quantitative estimate of drug-likeness (QED) is 0.380. The van der Waals surface area contributed by atoms with Gasteiger partial charge in [-0.3, -0.25) is 4.79 Å². The Labute approximate surface area is 64.7 Å². The Morgan fingerprint density at radius 2 is 2.09 bits per heavy atom. The fourth-order valence-corrected chi connectivity index (χ4v) is 0.431. The van der Waals surface area contributed by atoms with Crippen molar-refractivity contribution in [2.45, 2.75) is 19.1 Å². The second-order valence-electron chi connectivity index (χ2n) is 2.26. The maximum atomic E-state index is 10.6. The highest BCUT2D eigenvalue weighted by Gasteiger charge is 2.09. The molecule has 0 radical (unpaired) electrons. The van der Waals surface area contributed by atoms with Gasteiger partial charge >= 0.3 is 0 Å². The molecular weight excluding hydrogens is 150 g/mol. The summed E-state index contributed by atoms with van der Waals surface area (Å²) in [6, 6.07) is 0. The van der Waals surface area contributed by atoms with Crippen LogP contribution in [0.2, 0.25) is 0 Å². The van der Waals surface area contributed by atoms with Crippen LogP contribution in [-0.4, -0.2) is 46.6 Å². The number of carbonyl (C=O) groups excluding carboxylic acids is 1. The molecule has 0 saturated heterocycles. The largest absolute Gasteiger partial charge is 0.394 e. The van der Waals surface area contributed by atoms with Gasteiger partial charge in [-0.15, -0.1) is 0 Å². The minimum absolute atomic E-state index is 0.0414. The molecule has 0 fully saturated rings. The Balaban J connectivity index is 3.46. The summed E-state index contributed by atoms with van der Waals surface area (Å²) in [6.07, 6.45) is -2.04. The third-order valence-electron chi connectivity index (χ3n) is 1.10. The van der Waals surface area contributed by atoms with Crippen LogP contribution in [0, 0.1) is 0 Å². The van der Waals surface area contributed by atoms with Crippen molar-refractivity contribution in [1.29, 1.82) is 0 Å². The molecule has 5 heteroatoms. The Bertz CT molecular complexity index is 126. The monoisotopic (exact) mass is 163 g/mol. The van der Waals surface area contributed by atoms with Crippen molar-refractivity contribution in [2.75, 3.05) is 13.2 Å². The second kappa shape index (κ2) is 5.06. The molecule has 0 unspecified atom stereocenters. The van der Waals surface area contributed by atoms with E-state index in [-0.39, 0.29) is 6.54 Å². The van der Waals surface area contributed by atoms with E-state index in [0.29, 0.717) is 0 Å². The molecule has 0 aromatic rings. The van der Waals surface area contributed by atoms with Crippen LogP contribution in [0.3, 0.4) is 0 Å². The SMILES string of the molecule is C[C@H](O)C(=O)NC[C@@H](O)CO. The number of rotatable bonds is 4. The number of hydrogen-bond acceptors (Lipinski definition) is 4. The lowest BCUT2D eigenvalue weighted by molar-refractivity contribution is -0.129. The van der Waals surface area contributed by atoms with Gasteiger partial charge in [0, 0.05) is 6.54 Å². The number of amides is 1. The molecular formula is C6H13NO4. The summed E-state index contributed by atoms with van der Waals surface area (Å²) < 4.78 is 0. The van der Waals surface area contributed by atoms with Gasteiger partial charge in [0.05, 0.1) is 12.7 Å². The van der Waals surface area contributed by atoms with E-state index in [1.165, 1.54) is 6.92 Å². The van der Waals surface area contributed by atoms with E-state index in [1.54, 1.807) is 0 Å². The van der Waals surface area contributed by atoms with Gasteiger partial charge in [-0.1, -0.05) is 0 Å². The molecule has 2 atom stereocenters. The molecule has 0 aliphatic heterocycles. The van der Waals surface area contributed by atoms with Crippen molar-refractivity contribution < 1.29 is 20.1 Å². The summed E-state index contributed by atoms with van der Waals surface area (Å²) in [5.41, 5.74) is 0. The first-order valence-electron chi connectivity index (χ1n) is 3.32. The standard InChI is InChI=1S/C6H13NO4/c1-4(9)6(11)7-2-5(10)3-8/h4-5,8-10H,2-3H2,1H3,(H,7,11)/t4-,5+/m0/s1. The molecule has 0 saturated carbocycles. The van der Waals surface area contributed by atoms with Crippen molar-refractivity contribution in [3.63, 3.8) is 0 Å². The van der Waals surface area contributed by atoms with Gasteiger partial charge in [0.15, 0.2) is 0 Å². The summed E-state index contributed by atoms with van der Waals surface area (Å²) in [6.45, 7) is 0.876. The van der Waals surface area contributed by atoms with Crippen LogP contribution >= 0.6 is 0 Å². The molecule has 66 valence electrons. The number of hydrogen-bond donors (Lipinski definition) is 4. The Morgan fingerprint density at radius 1 is 1.55 bits per heavy atom. The summed E-state index contributed by atoms with van der Waals surface area (Å²) in [5.74, 6) is -0.558. The maximum Gasteiger partial charge on any atom is 0.248 e. The van der Waals surface area contributed by atoms with Crippen LogP contribution in [0.5, 0.6) is 0 Å². The van der Waals surface area contributed by atoms with Crippen molar-refractivity contribution in [2.24, 2.45) is 0 Å². The third-order valence-corrected chi connectivity index (χ3v) is 1.10. The third kappa shape index (κ3) is 4.72. The van der Waals surface area contributed by atoms with Crippen LogP contribution < -0.4 is 5.32 Å². The highest BCUT2D eigenvalue weighted by Crippen LogP contribution is 1.81. The second-order valence-corrected chi connectivity index (χ2v) is 2.26. The van der Waals surface area contributed by atoms with E-state index in [1.807, 2.05) is 0 Å². The highest BCUT2D eigenvalue weighted by molar-refractivity contribution is 5.79. The molecule has 0 bridgehead atoms. The van der Waals surface area contributed by atoms with Gasteiger partial charge in [-0.25, -0.2) is 0 Å². The van der Waals surface area contributed by atoms with E-state index in [0.717, 1.165) is 0 Å². The fraction of sp³-hybridized carbons (Fsp3) is 0.833. The van der Waals surface area contributed by atoms with Gasteiger partial charge in [0.25, 0.3) is 0 Å². The summed E-state index contributed by atoms with van der Waals surface area (Å²) in [5, 5.41) is 27.9. The zero-order valence-corrected chi connectivity index (χ0v) is 6.32. The smallest absolute Gasteiger partial charge is 0.248 e. The van der Waals surface area contributed by atoms with Gasteiger partial charge in [0.1, 0.15) is 6.10 Å².